The van der Waals surface area contributed by atoms with Gasteiger partial charge in [-0.3, -0.25) is 0 Å². The average molecular weight is 387 g/mol. The zero-order valence-corrected chi connectivity index (χ0v) is 19.3. The van der Waals surface area contributed by atoms with Crippen LogP contribution in [0.25, 0.3) is 0 Å². The van der Waals surface area contributed by atoms with Gasteiger partial charge in [0.25, 0.3) is 0 Å². The van der Waals surface area contributed by atoms with Crippen LogP contribution < -0.4 is 4.72 Å². The van der Waals surface area contributed by atoms with Gasteiger partial charge >= 0.3 is 0 Å². The second-order valence-electron chi connectivity index (χ2n) is 9.96. The Kier molecular flexibility index (Phi) is 8.04. The molecule has 1 rings (SSSR count). The fourth-order valence-electron chi connectivity index (χ4n) is 2.75. The zero-order valence-electron chi connectivity index (χ0n) is 17.4. The molecular formula is C19H38N2O2SSi. The Balaban J connectivity index is 2.48. The highest BCUT2D eigenvalue weighted by Gasteiger charge is 2.39. The molecule has 1 N–H and O–H groups in total. The van der Waals surface area contributed by atoms with Crippen LogP contribution in [0.3, 0.4) is 0 Å². The van der Waals surface area contributed by atoms with Crippen LogP contribution in [-0.4, -0.2) is 30.3 Å². The number of rotatable bonds is 6. The van der Waals surface area contributed by atoms with Crippen molar-refractivity contribution in [3.63, 3.8) is 0 Å². The minimum Gasteiger partial charge on any atom is -0.598 e. The summed E-state index contributed by atoms with van der Waals surface area (Å²) < 4.78 is 21.4. The molecule has 0 saturated heterocycles. The van der Waals surface area contributed by atoms with E-state index in [-0.39, 0.29) is 15.8 Å². The summed E-state index contributed by atoms with van der Waals surface area (Å²) in [6.45, 7) is 18.1. The summed E-state index contributed by atoms with van der Waals surface area (Å²) in [4.78, 5) is 0. The van der Waals surface area contributed by atoms with Crippen molar-refractivity contribution < 1.29 is 8.98 Å². The van der Waals surface area contributed by atoms with Crippen LogP contribution in [0.4, 0.5) is 0 Å². The molecule has 0 spiro atoms. The first-order valence-electron chi connectivity index (χ1n) is 9.49. The van der Waals surface area contributed by atoms with E-state index in [9.17, 15) is 9.81 Å². The van der Waals surface area contributed by atoms with Crippen LogP contribution in [0, 0.1) is 23.2 Å². The van der Waals surface area contributed by atoms with Crippen LogP contribution in [0.1, 0.15) is 67.2 Å². The Morgan fingerprint density at radius 1 is 1.16 bits per heavy atom. The van der Waals surface area contributed by atoms with Crippen molar-refractivity contribution >= 4 is 19.7 Å². The van der Waals surface area contributed by atoms with Crippen LogP contribution in [0.2, 0.25) is 18.1 Å². The largest absolute Gasteiger partial charge is 0.598 e. The lowest BCUT2D eigenvalue weighted by Crippen LogP contribution is -2.47. The highest BCUT2D eigenvalue weighted by Crippen LogP contribution is 2.38. The van der Waals surface area contributed by atoms with E-state index < -0.39 is 19.7 Å². The van der Waals surface area contributed by atoms with E-state index in [0.29, 0.717) is 11.8 Å². The minimum atomic E-state index is -1.68. The smallest absolute Gasteiger partial charge is 0.191 e. The Labute approximate surface area is 159 Å². The molecule has 2 atom stereocenters. The Hall–Kier alpha value is -0.0631. The molecule has 0 aromatic rings. The van der Waals surface area contributed by atoms with E-state index >= 15 is 0 Å². The second-order valence-corrected chi connectivity index (χ2v) is 16.8. The number of nitriles is 1. The second kappa shape index (κ2) is 8.75. The molecule has 0 bridgehead atoms. The van der Waals surface area contributed by atoms with Crippen molar-refractivity contribution in [2.75, 3.05) is 6.61 Å². The summed E-state index contributed by atoms with van der Waals surface area (Å²) in [5.74, 6) is 0.887. The molecule has 0 unspecified atom stereocenters. The van der Waals surface area contributed by atoms with Gasteiger partial charge in [-0.15, -0.1) is 4.72 Å². The van der Waals surface area contributed by atoms with E-state index in [2.05, 4.69) is 44.7 Å². The molecule has 146 valence electrons. The van der Waals surface area contributed by atoms with Crippen LogP contribution in [0.5, 0.6) is 0 Å². The molecule has 0 amide bonds. The van der Waals surface area contributed by atoms with Gasteiger partial charge in [0.1, 0.15) is 10.8 Å². The maximum Gasteiger partial charge on any atom is 0.191 e. The minimum absolute atomic E-state index is 0.247. The molecule has 4 nitrogen and oxygen atoms in total. The highest BCUT2D eigenvalue weighted by atomic mass is 32.2. The van der Waals surface area contributed by atoms with Crippen molar-refractivity contribution in [1.82, 2.24) is 4.72 Å². The third-order valence-electron chi connectivity index (χ3n) is 5.78. The fraction of sp³-hybridized carbons (Fsp3) is 0.947. The SMILES string of the molecule is CC(C)(C)[S@+]([O-])N[C@H](C#N)C1CCC(CO[Si](C)(C)C(C)(C)C)CC1. The standard InChI is InChI=1S/C19H38N2O2SSi/c1-18(2,3)24(22)21-17(13-20)16-11-9-15(10-12-16)14-23-25(7,8)19(4,5)6/h15-17,21H,9-12,14H2,1-8H3/t15?,16?,17-,24+/m1/s1. The maximum atomic E-state index is 12.3. The van der Waals surface area contributed by atoms with Gasteiger partial charge in [-0.05, 0) is 76.4 Å². The molecule has 0 radical (unpaired) electrons. The molecule has 25 heavy (non-hydrogen) atoms. The van der Waals surface area contributed by atoms with Gasteiger partial charge < -0.3 is 8.98 Å². The normalized spacial score (nSPS) is 25.3. The van der Waals surface area contributed by atoms with E-state index in [1.165, 1.54) is 0 Å². The van der Waals surface area contributed by atoms with E-state index in [1.54, 1.807) is 0 Å². The van der Waals surface area contributed by atoms with Gasteiger partial charge in [-0.25, -0.2) is 0 Å². The van der Waals surface area contributed by atoms with Crippen LogP contribution in [0.15, 0.2) is 0 Å². The lowest BCUT2D eigenvalue weighted by Gasteiger charge is -2.38. The molecule has 0 aliphatic heterocycles. The quantitative estimate of drug-likeness (QED) is 0.528. The van der Waals surface area contributed by atoms with Gasteiger partial charge in [-0.2, -0.15) is 5.26 Å². The summed E-state index contributed by atoms with van der Waals surface area (Å²) in [7, 11) is -1.68. The number of nitrogens with one attached hydrogen (secondary N) is 1. The van der Waals surface area contributed by atoms with Crippen molar-refractivity contribution in [2.45, 2.75) is 96.1 Å². The monoisotopic (exact) mass is 386 g/mol. The van der Waals surface area contributed by atoms with Crippen molar-refractivity contribution in [3.05, 3.63) is 0 Å². The van der Waals surface area contributed by atoms with Crippen molar-refractivity contribution in [2.24, 2.45) is 11.8 Å². The Bertz CT molecular complexity index is 458. The first kappa shape index (κ1) is 23.0. The summed E-state index contributed by atoms with van der Waals surface area (Å²) in [5.41, 5.74) is 0. The van der Waals surface area contributed by atoms with Gasteiger partial charge in [0.15, 0.2) is 8.32 Å². The summed E-state index contributed by atoms with van der Waals surface area (Å²) in [6, 6.07) is 2.02. The van der Waals surface area contributed by atoms with Crippen LogP contribution >= 0.6 is 0 Å². The third-order valence-corrected chi connectivity index (χ3v) is 11.9. The summed E-state index contributed by atoms with van der Waals surface area (Å²) in [5, 5.41) is 9.74. The van der Waals surface area contributed by atoms with Gasteiger partial charge in [0.2, 0.25) is 0 Å². The molecular weight excluding hydrogens is 348 g/mol. The molecule has 1 aliphatic rings. The van der Waals surface area contributed by atoms with Gasteiger partial charge in [-0.1, -0.05) is 20.8 Å². The fourth-order valence-corrected chi connectivity index (χ4v) is 4.67. The molecule has 1 saturated carbocycles. The van der Waals surface area contributed by atoms with Crippen molar-refractivity contribution in [3.8, 4) is 6.07 Å². The predicted octanol–water partition coefficient (Wildman–Crippen LogP) is 4.76. The summed E-state index contributed by atoms with van der Waals surface area (Å²) in [6.07, 6.45) is 4.22. The van der Waals surface area contributed by atoms with Crippen molar-refractivity contribution in [1.29, 1.82) is 5.26 Å². The topological polar surface area (TPSA) is 68.1 Å². The number of hydrogen-bond donors (Lipinski definition) is 1. The first-order chi connectivity index (χ1) is 11.3. The third kappa shape index (κ3) is 6.87. The first-order valence-corrected chi connectivity index (χ1v) is 13.6. The van der Waals surface area contributed by atoms with Crippen LogP contribution in [-0.2, 0) is 15.8 Å². The maximum absolute atomic E-state index is 12.3. The molecule has 1 aliphatic carbocycles. The Morgan fingerprint density at radius 2 is 1.68 bits per heavy atom. The number of nitrogens with zero attached hydrogens (tertiary/aromatic N) is 1. The lowest BCUT2D eigenvalue weighted by molar-refractivity contribution is 0.165. The van der Waals surface area contributed by atoms with E-state index in [4.69, 9.17) is 4.43 Å². The zero-order chi connectivity index (χ0) is 19.5. The van der Waals surface area contributed by atoms with E-state index in [1.807, 2.05) is 20.8 Å². The molecule has 0 aromatic heterocycles. The Morgan fingerprint density at radius 3 is 2.08 bits per heavy atom. The molecule has 6 heteroatoms. The average Bonchev–Trinajstić information content (AvgIpc) is 2.49. The molecule has 1 fully saturated rings. The summed E-state index contributed by atoms with van der Waals surface area (Å²) >= 11 is -1.19. The molecule has 0 heterocycles. The van der Waals surface area contributed by atoms with E-state index in [0.717, 1.165) is 32.3 Å². The van der Waals surface area contributed by atoms with Gasteiger partial charge in [0, 0.05) is 18.0 Å². The predicted molar refractivity (Wildman–Crippen MR) is 109 cm³/mol. The highest BCUT2D eigenvalue weighted by molar-refractivity contribution is 7.90. The number of hydrogen-bond acceptors (Lipinski definition) is 4. The van der Waals surface area contributed by atoms with Gasteiger partial charge in [0.05, 0.1) is 6.07 Å². The molecule has 0 aromatic carbocycles. The lowest BCUT2D eigenvalue weighted by atomic mass is 9.79.